The summed E-state index contributed by atoms with van der Waals surface area (Å²) in [6.45, 7) is 1.92. The quantitative estimate of drug-likeness (QED) is 0.135. The number of aromatic nitrogens is 2. The molecule has 0 unspecified atom stereocenters. The third-order valence-corrected chi connectivity index (χ3v) is 16.9. The van der Waals surface area contributed by atoms with Crippen LogP contribution in [0.15, 0.2) is 170 Å². The van der Waals surface area contributed by atoms with Crippen LogP contribution in [0.25, 0.3) is 49.9 Å². The van der Waals surface area contributed by atoms with Crippen molar-refractivity contribution in [2.24, 2.45) is 23.7 Å². The average Bonchev–Trinajstić information content (AvgIpc) is 4.06. The van der Waals surface area contributed by atoms with Crippen LogP contribution in [0.4, 0.5) is 22.7 Å². The van der Waals surface area contributed by atoms with Crippen molar-refractivity contribution in [3.05, 3.63) is 199 Å². The van der Waals surface area contributed by atoms with Gasteiger partial charge in [0.15, 0.2) is 0 Å². The molecule has 7 aromatic carbocycles. The van der Waals surface area contributed by atoms with Crippen molar-refractivity contribution < 1.29 is 39.5 Å². The van der Waals surface area contributed by atoms with Crippen molar-refractivity contribution in [1.29, 1.82) is 0 Å². The van der Waals surface area contributed by atoms with Gasteiger partial charge in [-0.1, -0.05) is 96.3 Å². The molecule has 9 aromatic rings. The molecular weight excluding hydrogens is 1040 g/mol. The van der Waals surface area contributed by atoms with E-state index < -0.39 is 60.4 Å². The van der Waals surface area contributed by atoms with Crippen molar-refractivity contribution >= 4 is 44.6 Å². The first-order valence-corrected chi connectivity index (χ1v) is 24.6. The number of fused-ring (bicyclic) bond motifs is 4. The van der Waals surface area contributed by atoms with E-state index in [4.69, 9.17) is 17.9 Å². The van der Waals surface area contributed by atoms with Crippen molar-refractivity contribution in [3.8, 4) is 39.6 Å². The topological polar surface area (TPSA) is 33.5 Å². The van der Waals surface area contributed by atoms with Crippen molar-refractivity contribution in [3.63, 3.8) is 0 Å². The van der Waals surface area contributed by atoms with Gasteiger partial charge in [0, 0.05) is 72.5 Å². The maximum absolute atomic E-state index is 9.55. The third-order valence-electron chi connectivity index (χ3n) is 16.9. The summed E-state index contributed by atoms with van der Waals surface area (Å²) >= 11 is 0. The second-order valence-electron chi connectivity index (χ2n) is 20.9. The van der Waals surface area contributed by atoms with Crippen LogP contribution in [-0.4, -0.2) is 9.55 Å². The van der Waals surface area contributed by atoms with Crippen molar-refractivity contribution in [2.45, 2.75) is 75.5 Å². The Balaban J connectivity index is 0.00000577. The van der Waals surface area contributed by atoms with Crippen LogP contribution in [0.2, 0.25) is 0 Å². The molecule has 7 fully saturated rings. The molecule has 0 saturated heterocycles. The molecule has 0 spiro atoms. The van der Waals surface area contributed by atoms with Crippen molar-refractivity contribution in [1.82, 2.24) is 9.55 Å². The van der Waals surface area contributed by atoms with E-state index in [0.717, 1.165) is 83.3 Å². The van der Waals surface area contributed by atoms with Crippen LogP contribution >= 0.6 is 0 Å². The van der Waals surface area contributed by atoms with E-state index in [9.17, 15) is 5.48 Å². The molecule has 70 heavy (non-hydrogen) atoms. The fraction of sp³-hybridized carbons (Fsp3) is 0.250. The Morgan fingerprint density at radius 1 is 0.600 bits per heavy atom. The van der Waals surface area contributed by atoms with E-state index in [2.05, 4.69) is 47.0 Å². The van der Waals surface area contributed by atoms with Gasteiger partial charge in [0.1, 0.15) is 5.82 Å². The van der Waals surface area contributed by atoms with E-state index in [0.29, 0.717) is 63.6 Å². The summed E-state index contributed by atoms with van der Waals surface area (Å²) in [5, 5.41) is 2.11. The van der Waals surface area contributed by atoms with Crippen LogP contribution in [0.1, 0.15) is 89.5 Å². The Bertz CT molecular complexity index is 3920. The first-order valence-electron chi connectivity index (χ1n) is 29.6. The predicted molar refractivity (Wildman–Crippen MR) is 279 cm³/mol. The van der Waals surface area contributed by atoms with E-state index >= 15 is 0 Å². The molecule has 7 saturated carbocycles. The first kappa shape index (κ1) is 33.2. The first-order chi connectivity index (χ1) is 38.1. The van der Waals surface area contributed by atoms with Gasteiger partial charge in [-0.3, -0.25) is 0 Å². The number of ether oxygens (including phenoxy) is 1. The van der Waals surface area contributed by atoms with Crippen LogP contribution in [0, 0.1) is 42.0 Å². The Morgan fingerprint density at radius 3 is 1.86 bits per heavy atom. The second kappa shape index (κ2) is 16.1. The maximum Gasteiger partial charge on any atom is 0.135 e. The van der Waals surface area contributed by atoms with E-state index in [-0.39, 0.29) is 43.0 Å². The molecule has 0 N–H and O–H groups in total. The van der Waals surface area contributed by atoms with Gasteiger partial charge in [-0.25, -0.2) is 4.98 Å². The normalized spacial score (nSPS) is 26.9. The zero-order valence-corrected chi connectivity index (χ0v) is 40.9. The smallest absolute Gasteiger partial charge is 0.135 e. The molecule has 5 nitrogen and oxygen atoms in total. The van der Waals surface area contributed by atoms with Crippen LogP contribution in [0.3, 0.4) is 0 Å². The zero-order chi connectivity index (χ0) is 54.1. The molecular formula is C64H53N4OPt-3. The number of pyridine rings is 1. The second-order valence-corrected chi connectivity index (χ2v) is 20.9. The summed E-state index contributed by atoms with van der Waals surface area (Å²) in [5.74, 6) is 4.12. The maximum atomic E-state index is 9.55. The van der Waals surface area contributed by atoms with Crippen LogP contribution < -0.4 is 14.5 Å². The van der Waals surface area contributed by atoms with Gasteiger partial charge in [0.25, 0.3) is 0 Å². The van der Waals surface area contributed by atoms with Gasteiger partial charge in [-0.05, 0) is 162 Å². The molecule has 7 aliphatic carbocycles. The molecule has 6 heteroatoms. The Labute approximate surface area is 439 Å². The molecule has 0 amide bonds. The standard InChI is InChI=1S/C64H53N4O.Pt/c1-41-66(50-17-12-18-51(33-50)69-52-23-24-54-53-19-8-9-20-57(53)68(60(54)34-52)61-32-48(25-26-65-61)63-38-45(39-63)40-63)58-21-10-11-22-59(58)67(41)62-55(46-13-4-2-5-14-46)30-49(31-56(62)47-15-6-3-7-16-47)64-35-42-27-43(36-64)29-44(28-42)37-64;/h2-26,30-32,42-45H,27-29,35-40H2,1H3;/q-3;/i2D,3D,4D,5D,6D,7D,13D,14D,15D,16D;. The summed E-state index contributed by atoms with van der Waals surface area (Å²) in [6, 6.07) is 36.7. The largest absolute Gasteiger partial charge is 0.509 e. The van der Waals surface area contributed by atoms with E-state index in [1.807, 2.05) is 95.7 Å². The van der Waals surface area contributed by atoms with Crippen LogP contribution in [0.5, 0.6) is 11.5 Å². The van der Waals surface area contributed by atoms with Crippen LogP contribution in [-0.2, 0) is 31.9 Å². The molecule has 2 aromatic heterocycles. The minimum atomic E-state index is -0.525. The Morgan fingerprint density at radius 2 is 1.20 bits per heavy atom. The molecule has 0 radical (unpaired) electrons. The zero-order valence-electron chi connectivity index (χ0n) is 48.6. The summed E-state index contributed by atoms with van der Waals surface area (Å²) in [5.41, 5.74) is 6.91. The van der Waals surface area contributed by atoms with E-state index in [1.165, 1.54) is 24.8 Å². The number of para-hydroxylation sites is 3. The minimum absolute atomic E-state index is 0. The molecule has 8 aliphatic rings. The van der Waals surface area contributed by atoms with Gasteiger partial charge in [0.2, 0.25) is 0 Å². The van der Waals surface area contributed by atoms with Gasteiger partial charge in [-0.2, -0.15) is 19.1 Å². The number of hydrogen-bond donors (Lipinski definition) is 0. The molecule has 6 bridgehead atoms. The molecule has 0 atom stereocenters. The summed E-state index contributed by atoms with van der Waals surface area (Å²) in [7, 11) is 0. The fourth-order valence-electron chi connectivity index (χ4n) is 14.3. The molecule has 3 heterocycles. The number of nitrogens with zero attached hydrogens (tertiary/aromatic N) is 4. The van der Waals surface area contributed by atoms with E-state index in [1.54, 1.807) is 0 Å². The number of rotatable bonds is 9. The number of anilines is 4. The predicted octanol–water partition coefficient (Wildman–Crippen LogP) is 16.2. The summed E-state index contributed by atoms with van der Waals surface area (Å²) in [6.07, 6.45) is 12.5. The number of hydrogen-bond acceptors (Lipinski definition) is 4. The Hall–Kier alpha value is -6.42. The monoisotopic (exact) mass is 1100 g/mol. The third kappa shape index (κ3) is 6.49. The molecule has 1 aliphatic heterocycles. The van der Waals surface area contributed by atoms with Gasteiger partial charge in [0.05, 0.1) is 13.7 Å². The summed E-state index contributed by atoms with van der Waals surface area (Å²) < 4.78 is 100. The van der Waals surface area contributed by atoms with Gasteiger partial charge >= 0.3 is 0 Å². The molecule has 348 valence electrons. The molecule has 17 rings (SSSR count). The fourth-order valence-corrected chi connectivity index (χ4v) is 14.3. The van der Waals surface area contributed by atoms with Gasteiger partial charge in [-0.15, -0.1) is 47.6 Å². The van der Waals surface area contributed by atoms with Gasteiger partial charge < -0.3 is 19.1 Å². The summed E-state index contributed by atoms with van der Waals surface area (Å²) in [4.78, 5) is 8.88. The van der Waals surface area contributed by atoms with Crippen molar-refractivity contribution in [2.75, 3.05) is 9.80 Å². The SMILES string of the molecule is [2H]c1c([2H])c([2H])c(-c2cc(C34CC5CC(CC(C5)C3)C4)cc(-c3c([2H])c([2H])c([2H])c([2H])c3[2H])c2N2c3ccccc3N(c3[c-]c(Oc4[c-]c5c(cc4)c4ccccc4n5-c4cc(C56CC(C5)C6)ccn4)ccc3)[C-]2C)c([2H])c1[2H].[Pt]. The minimum Gasteiger partial charge on any atom is -0.509 e. The Kier molecular flexibility index (Phi) is 7.62. The number of benzene rings is 7. The average molecular weight is 1100 g/mol.